The number of benzene rings is 2. The van der Waals surface area contributed by atoms with Gasteiger partial charge in [0.25, 0.3) is 0 Å². The molecule has 0 radical (unpaired) electrons. The van der Waals surface area contributed by atoms with Crippen LogP contribution in [0.5, 0.6) is 0 Å². The van der Waals surface area contributed by atoms with Crippen molar-refractivity contribution in [2.45, 2.75) is 13.5 Å². The molecule has 0 unspecified atom stereocenters. The van der Waals surface area contributed by atoms with Crippen molar-refractivity contribution in [3.8, 4) is 11.1 Å². The minimum absolute atomic E-state index is 0.844. The average Bonchev–Trinajstić information content (AvgIpc) is 2.63. The van der Waals surface area contributed by atoms with Gasteiger partial charge < -0.3 is 5.32 Å². The summed E-state index contributed by atoms with van der Waals surface area (Å²) in [5, 5.41) is 3.46. The van der Waals surface area contributed by atoms with Crippen LogP contribution in [0.3, 0.4) is 0 Å². The van der Waals surface area contributed by atoms with Gasteiger partial charge >= 0.3 is 0 Å². The number of pyridine rings is 1. The van der Waals surface area contributed by atoms with Gasteiger partial charge in [0.1, 0.15) is 0 Å². The van der Waals surface area contributed by atoms with Crippen LogP contribution in [0.15, 0.2) is 79.1 Å². The first-order valence-electron chi connectivity index (χ1n) is 8.24. The van der Waals surface area contributed by atoms with Crippen molar-refractivity contribution in [1.29, 1.82) is 0 Å². The highest BCUT2D eigenvalue weighted by Crippen LogP contribution is 2.21. The first-order valence-corrected chi connectivity index (χ1v) is 8.24. The fourth-order valence-electron chi connectivity index (χ4n) is 2.65. The zero-order valence-corrected chi connectivity index (χ0v) is 13.9. The number of hydrogen-bond acceptors (Lipinski definition) is 2. The number of aryl methyl sites for hydroxylation is 1. The summed E-state index contributed by atoms with van der Waals surface area (Å²) in [6, 6.07) is 21.4. The Kier molecular flexibility index (Phi) is 5.54. The molecule has 2 aromatic carbocycles. The molecule has 0 bridgehead atoms. The first-order chi connectivity index (χ1) is 11.8. The van der Waals surface area contributed by atoms with Crippen LogP contribution in [0.2, 0.25) is 0 Å². The molecule has 24 heavy (non-hydrogen) atoms. The minimum atomic E-state index is 0.844. The summed E-state index contributed by atoms with van der Waals surface area (Å²) in [7, 11) is 0. The third kappa shape index (κ3) is 4.64. The topological polar surface area (TPSA) is 24.9 Å². The van der Waals surface area contributed by atoms with Crippen LogP contribution in [0, 0.1) is 6.92 Å². The van der Waals surface area contributed by atoms with Crippen LogP contribution in [0.25, 0.3) is 17.2 Å². The zero-order chi connectivity index (χ0) is 16.6. The van der Waals surface area contributed by atoms with Gasteiger partial charge in [0.15, 0.2) is 0 Å². The van der Waals surface area contributed by atoms with Crippen molar-refractivity contribution < 1.29 is 0 Å². The van der Waals surface area contributed by atoms with Gasteiger partial charge in [-0.15, -0.1) is 0 Å². The normalized spacial score (nSPS) is 11.0. The SMILES string of the molecule is Cc1cccc(-c2cccc(CNC/C=C/c3ccncc3)c2)c1. The molecule has 120 valence electrons. The van der Waals surface area contributed by atoms with E-state index < -0.39 is 0 Å². The molecule has 0 saturated carbocycles. The lowest BCUT2D eigenvalue weighted by Gasteiger charge is -2.07. The van der Waals surface area contributed by atoms with Crippen LogP contribution in [0.1, 0.15) is 16.7 Å². The molecule has 2 nitrogen and oxygen atoms in total. The van der Waals surface area contributed by atoms with Crippen LogP contribution >= 0.6 is 0 Å². The maximum Gasteiger partial charge on any atom is 0.0273 e. The molecule has 0 aliphatic heterocycles. The Morgan fingerprint density at radius 2 is 1.67 bits per heavy atom. The Morgan fingerprint density at radius 3 is 2.46 bits per heavy atom. The van der Waals surface area contributed by atoms with E-state index >= 15 is 0 Å². The van der Waals surface area contributed by atoms with E-state index in [0.717, 1.165) is 13.1 Å². The highest BCUT2D eigenvalue weighted by Gasteiger charge is 1.99. The molecule has 0 atom stereocenters. The van der Waals surface area contributed by atoms with Crippen LogP contribution in [-0.2, 0) is 6.54 Å². The fraction of sp³-hybridized carbons (Fsp3) is 0.136. The monoisotopic (exact) mass is 314 g/mol. The van der Waals surface area contributed by atoms with E-state index in [1.165, 1.54) is 27.8 Å². The minimum Gasteiger partial charge on any atom is -0.309 e. The summed E-state index contributed by atoms with van der Waals surface area (Å²) >= 11 is 0. The van der Waals surface area contributed by atoms with Crippen molar-refractivity contribution in [1.82, 2.24) is 10.3 Å². The van der Waals surface area contributed by atoms with Gasteiger partial charge in [-0.1, -0.05) is 60.2 Å². The predicted octanol–water partition coefficient (Wildman–Crippen LogP) is 4.86. The van der Waals surface area contributed by atoms with E-state index in [9.17, 15) is 0 Å². The second-order valence-electron chi connectivity index (χ2n) is 5.88. The number of nitrogens with one attached hydrogen (secondary N) is 1. The summed E-state index contributed by atoms with van der Waals surface area (Å²) in [5.74, 6) is 0. The average molecular weight is 314 g/mol. The number of aromatic nitrogens is 1. The maximum absolute atomic E-state index is 4.02. The summed E-state index contributed by atoms with van der Waals surface area (Å²) in [6.07, 6.45) is 7.87. The number of hydrogen-bond donors (Lipinski definition) is 1. The Labute approximate surface area is 143 Å². The lowest BCUT2D eigenvalue weighted by molar-refractivity contribution is 0.761. The van der Waals surface area contributed by atoms with Crippen LogP contribution < -0.4 is 5.32 Å². The molecular weight excluding hydrogens is 292 g/mol. The molecule has 2 heteroatoms. The number of nitrogens with zero attached hydrogens (tertiary/aromatic N) is 1. The van der Waals surface area contributed by atoms with Crippen LogP contribution in [0.4, 0.5) is 0 Å². The number of rotatable bonds is 6. The Morgan fingerprint density at radius 1 is 0.917 bits per heavy atom. The molecule has 0 amide bonds. The van der Waals surface area contributed by atoms with Crippen molar-refractivity contribution >= 4 is 6.08 Å². The standard InChI is InChI=1S/C22H22N2/c1-18-5-2-8-21(15-18)22-9-3-6-20(16-22)17-24-12-4-7-19-10-13-23-14-11-19/h2-11,13-16,24H,12,17H2,1H3/b7-4+. The van der Waals surface area contributed by atoms with Gasteiger partial charge in [0.2, 0.25) is 0 Å². The molecular formula is C22H22N2. The molecule has 0 aliphatic carbocycles. The summed E-state index contributed by atoms with van der Waals surface area (Å²) < 4.78 is 0. The lowest BCUT2D eigenvalue weighted by atomic mass is 10.0. The molecule has 0 fully saturated rings. The van der Waals surface area contributed by atoms with Gasteiger partial charge in [0, 0.05) is 25.5 Å². The van der Waals surface area contributed by atoms with Gasteiger partial charge in [0.05, 0.1) is 0 Å². The van der Waals surface area contributed by atoms with Crippen molar-refractivity contribution in [2.24, 2.45) is 0 Å². The third-order valence-electron chi connectivity index (χ3n) is 3.89. The molecule has 0 spiro atoms. The Bertz CT molecular complexity index is 807. The fourth-order valence-corrected chi connectivity index (χ4v) is 2.65. The van der Waals surface area contributed by atoms with Gasteiger partial charge in [-0.25, -0.2) is 0 Å². The van der Waals surface area contributed by atoms with E-state index in [1.54, 1.807) is 0 Å². The van der Waals surface area contributed by atoms with E-state index in [0.29, 0.717) is 0 Å². The largest absolute Gasteiger partial charge is 0.309 e. The van der Waals surface area contributed by atoms with Gasteiger partial charge in [-0.3, -0.25) is 4.98 Å². The molecule has 0 saturated heterocycles. The van der Waals surface area contributed by atoms with Gasteiger partial charge in [-0.2, -0.15) is 0 Å². The third-order valence-corrected chi connectivity index (χ3v) is 3.89. The maximum atomic E-state index is 4.02. The highest BCUT2D eigenvalue weighted by molar-refractivity contribution is 5.64. The van der Waals surface area contributed by atoms with E-state index in [1.807, 2.05) is 24.5 Å². The molecule has 3 aromatic rings. The molecule has 1 aromatic heterocycles. The van der Waals surface area contributed by atoms with Crippen LogP contribution in [-0.4, -0.2) is 11.5 Å². The van der Waals surface area contributed by atoms with Gasteiger partial charge in [-0.05, 0) is 47.4 Å². The van der Waals surface area contributed by atoms with Crippen molar-refractivity contribution in [2.75, 3.05) is 6.54 Å². The Hall–Kier alpha value is -2.71. The van der Waals surface area contributed by atoms with E-state index in [4.69, 9.17) is 0 Å². The predicted molar refractivity (Wildman–Crippen MR) is 102 cm³/mol. The Balaban J connectivity index is 1.56. The molecule has 3 rings (SSSR count). The second kappa shape index (κ2) is 8.23. The van der Waals surface area contributed by atoms with E-state index in [2.05, 4.69) is 77.9 Å². The molecule has 1 N–H and O–H groups in total. The van der Waals surface area contributed by atoms with Crippen molar-refractivity contribution in [3.05, 3.63) is 95.8 Å². The summed E-state index contributed by atoms with van der Waals surface area (Å²) in [4.78, 5) is 4.02. The molecule has 1 heterocycles. The van der Waals surface area contributed by atoms with E-state index in [-0.39, 0.29) is 0 Å². The zero-order valence-electron chi connectivity index (χ0n) is 13.9. The van der Waals surface area contributed by atoms with Crippen molar-refractivity contribution in [3.63, 3.8) is 0 Å². The first kappa shape index (κ1) is 16.2. The quantitative estimate of drug-likeness (QED) is 0.657. The highest BCUT2D eigenvalue weighted by atomic mass is 14.8. The smallest absolute Gasteiger partial charge is 0.0273 e. The second-order valence-corrected chi connectivity index (χ2v) is 5.88. The summed E-state index contributed by atoms with van der Waals surface area (Å²) in [6.45, 7) is 3.83. The molecule has 0 aliphatic rings. The lowest BCUT2D eigenvalue weighted by Crippen LogP contribution is -2.12. The summed E-state index contributed by atoms with van der Waals surface area (Å²) in [5.41, 5.74) is 6.30.